The summed E-state index contributed by atoms with van der Waals surface area (Å²) >= 11 is 2.25. The van der Waals surface area contributed by atoms with Crippen molar-refractivity contribution in [1.29, 1.82) is 0 Å². The number of hydrogen-bond donors (Lipinski definition) is 2. The summed E-state index contributed by atoms with van der Waals surface area (Å²) < 4.78 is 2.14. The molecule has 4 heteroatoms. The van der Waals surface area contributed by atoms with E-state index in [-0.39, 0.29) is 9.90 Å². The summed E-state index contributed by atoms with van der Waals surface area (Å²) in [7, 11) is 0. The number of rotatable bonds is 0. The Morgan fingerprint density at radius 2 is 1.75 bits per heavy atom. The maximum atomic E-state index is 4.55. The Balaban J connectivity index is 0. The van der Waals surface area contributed by atoms with Crippen molar-refractivity contribution in [2.24, 2.45) is 5.84 Å². The zero-order chi connectivity index (χ0) is 2.71. The van der Waals surface area contributed by atoms with Crippen molar-refractivity contribution >= 4 is 9.90 Å². The van der Waals surface area contributed by atoms with Gasteiger partial charge in [0, 0.05) is 0 Å². The van der Waals surface area contributed by atoms with Crippen molar-refractivity contribution in [2.75, 3.05) is 0 Å². The molecule has 0 saturated heterocycles. The van der Waals surface area contributed by atoms with E-state index < -0.39 is 0 Å². The largest absolute Gasteiger partial charge is 0.153 e. The van der Waals surface area contributed by atoms with Gasteiger partial charge >= 0.3 is 28.6 Å². The molecule has 0 fully saturated rings. The summed E-state index contributed by atoms with van der Waals surface area (Å²) in [4.78, 5) is 0. The van der Waals surface area contributed by atoms with Crippen LogP contribution < -0.4 is 10.0 Å². The molecule has 0 aromatic heterocycles. The minimum Gasteiger partial charge on any atom is -0.153 e. The first-order chi connectivity index (χ1) is 1.41. The zero-order valence-corrected chi connectivity index (χ0v) is 5.17. The minimum atomic E-state index is 0. The molecule has 4 heavy (non-hydrogen) atoms. The second-order valence-electron chi connectivity index (χ2n) is 0.0962. The fourth-order valence-electron chi connectivity index (χ4n) is 0. The zero-order valence-electron chi connectivity index (χ0n) is 2.12. The monoisotopic (exact) mass is 168 g/mol. The third kappa shape index (κ3) is 12.2. The molecule has 30 valence electrons. The van der Waals surface area contributed by atoms with E-state index in [1.54, 1.807) is 0 Å². The Morgan fingerprint density at radius 3 is 1.75 bits per heavy atom. The Bertz CT molecular complexity index is 6.00. The Morgan fingerprint density at radius 1 is 1.75 bits per heavy atom. The second-order valence-corrected chi connectivity index (χ2v) is 0.569. The van der Waals surface area contributed by atoms with Crippen molar-refractivity contribution in [3.63, 3.8) is 0 Å². The average molecular weight is 168 g/mol. The van der Waals surface area contributed by atoms with Gasteiger partial charge in [-0.15, -0.1) is 0 Å². The number of nitrogens with one attached hydrogen (secondary N) is 1. The molecule has 0 saturated carbocycles. The first-order valence-electron chi connectivity index (χ1n) is 0.455. The maximum Gasteiger partial charge on any atom is -0.153 e. The molecule has 1 atom stereocenters. The summed E-state index contributed by atoms with van der Waals surface area (Å²) in [6, 6.07) is 0. The Hall–Kier alpha value is 0.973. The third-order valence-electron chi connectivity index (χ3n) is 0. The SMILES string of the molecule is N[NH][Rh].P. The molecular weight excluding hydrogens is 162 g/mol. The van der Waals surface area contributed by atoms with Crippen molar-refractivity contribution < 1.29 is 18.5 Å². The predicted molar refractivity (Wildman–Crippen MR) is 18.4 cm³/mol. The van der Waals surface area contributed by atoms with E-state index in [0.29, 0.717) is 0 Å². The van der Waals surface area contributed by atoms with Crippen molar-refractivity contribution in [3.05, 3.63) is 0 Å². The van der Waals surface area contributed by atoms with Crippen LogP contribution in [0.5, 0.6) is 0 Å². The van der Waals surface area contributed by atoms with Gasteiger partial charge in [0.25, 0.3) is 0 Å². The van der Waals surface area contributed by atoms with Gasteiger partial charge < -0.3 is 0 Å². The van der Waals surface area contributed by atoms with Crippen LogP contribution in [0.3, 0.4) is 0 Å². The molecule has 0 aliphatic heterocycles. The van der Waals surface area contributed by atoms with Gasteiger partial charge in [0.2, 0.25) is 0 Å². The van der Waals surface area contributed by atoms with Gasteiger partial charge in [0.05, 0.1) is 0 Å². The Kier molecular flexibility index (Phi) is 20.0. The summed E-state index contributed by atoms with van der Waals surface area (Å²) in [5.41, 5.74) is 0. The van der Waals surface area contributed by atoms with Gasteiger partial charge in [0.15, 0.2) is 0 Å². The van der Waals surface area contributed by atoms with E-state index in [9.17, 15) is 0 Å². The quantitative estimate of drug-likeness (QED) is 0.210. The van der Waals surface area contributed by atoms with Crippen molar-refractivity contribution in [1.82, 2.24) is 4.17 Å². The van der Waals surface area contributed by atoms with Gasteiger partial charge in [-0.1, -0.05) is 0 Å². The van der Waals surface area contributed by atoms with Crippen molar-refractivity contribution in [3.8, 4) is 0 Å². The molecule has 0 spiro atoms. The van der Waals surface area contributed by atoms with Crippen LogP contribution >= 0.6 is 9.90 Å². The van der Waals surface area contributed by atoms with Gasteiger partial charge in [-0.2, -0.15) is 9.90 Å². The van der Waals surface area contributed by atoms with E-state index in [2.05, 4.69) is 28.6 Å². The molecule has 0 aliphatic rings. The molecule has 0 bridgehead atoms. The maximum absolute atomic E-state index is 4.55. The summed E-state index contributed by atoms with van der Waals surface area (Å²) in [5, 5.41) is 0. The molecule has 3 N–H and O–H groups in total. The molecule has 0 radical (unpaired) electrons. The first-order valence-corrected chi connectivity index (χ1v) is 1.27. The second kappa shape index (κ2) is 9.02. The van der Waals surface area contributed by atoms with Crippen LogP contribution in [-0.4, -0.2) is 0 Å². The van der Waals surface area contributed by atoms with Gasteiger partial charge in [0.1, 0.15) is 0 Å². The third-order valence-corrected chi connectivity index (χ3v) is 0. The van der Waals surface area contributed by atoms with Crippen LogP contribution in [0.2, 0.25) is 0 Å². The van der Waals surface area contributed by atoms with E-state index in [1.165, 1.54) is 0 Å². The Labute approximate surface area is 39.0 Å². The van der Waals surface area contributed by atoms with E-state index in [4.69, 9.17) is 0 Å². The molecule has 1 unspecified atom stereocenters. The molecule has 0 rings (SSSR count). The van der Waals surface area contributed by atoms with Crippen LogP contribution in [0.25, 0.3) is 0 Å². The number of nitrogens with two attached hydrogens (primary N) is 1. The summed E-state index contributed by atoms with van der Waals surface area (Å²) in [5.74, 6) is 4.55. The van der Waals surface area contributed by atoms with Crippen LogP contribution in [0.4, 0.5) is 0 Å². The van der Waals surface area contributed by atoms with E-state index in [0.717, 1.165) is 0 Å². The van der Waals surface area contributed by atoms with Crippen LogP contribution in [0.15, 0.2) is 0 Å². The molecule has 0 aromatic carbocycles. The standard InChI is InChI=1S/H3N2.H3P.Rh/c1-2;;/h1H,2H2;1H3;/q-1;;+1. The summed E-state index contributed by atoms with van der Waals surface area (Å²) in [6.07, 6.45) is 0. The molecule has 0 amide bonds. The van der Waals surface area contributed by atoms with Crippen LogP contribution in [0, 0.1) is 0 Å². The number of hydrogen-bond acceptors (Lipinski definition) is 2. The average Bonchev–Trinajstić information content (AvgIpc) is 0.918. The van der Waals surface area contributed by atoms with Crippen LogP contribution in [0.1, 0.15) is 0 Å². The van der Waals surface area contributed by atoms with E-state index in [1.807, 2.05) is 0 Å². The van der Waals surface area contributed by atoms with Gasteiger partial charge in [-0.3, -0.25) is 0 Å². The van der Waals surface area contributed by atoms with Crippen molar-refractivity contribution in [2.45, 2.75) is 0 Å². The van der Waals surface area contributed by atoms with Crippen LogP contribution in [-0.2, 0) is 18.5 Å². The molecule has 0 heterocycles. The predicted octanol–water partition coefficient (Wildman–Crippen LogP) is -1.03. The minimum absolute atomic E-state index is 0. The molecule has 2 nitrogen and oxygen atoms in total. The normalized spacial score (nSPS) is 4.75. The number of hydrazine groups is 1. The fraction of sp³-hybridized carbons (Fsp3) is 0. The van der Waals surface area contributed by atoms with Gasteiger partial charge in [-0.05, 0) is 0 Å². The smallest absolute Gasteiger partial charge is 0.153 e. The molecule has 0 aliphatic carbocycles. The fourth-order valence-corrected chi connectivity index (χ4v) is 0. The molecular formula is H6N2PRh. The van der Waals surface area contributed by atoms with E-state index >= 15 is 0 Å². The molecule has 0 aromatic rings. The summed E-state index contributed by atoms with van der Waals surface area (Å²) in [6.45, 7) is 0. The topological polar surface area (TPSA) is 38.0 Å². The van der Waals surface area contributed by atoms with Gasteiger partial charge in [-0.25, -0.2) is 0 Å². The first kappa shape index (κ1) is 8.88.